The quantitative estimate of drug-likeness (QED) is 0.675. The Labute approximate surface area is 152 Å². The van der Waals surface area contributed by atoms with Crippen molar-refractivity contribution in [1.29, 1.82) is 0 Å². The zero-order chi connectivity index (χ0) is 17.4. The summed E-state index contributed by atoms with van der Waals surface area (Å²) in [4.78, 5) is 15.1. The lowest BCUT2D eigenvalue weighted by Crippen LogP contribution is -2.38. The van der Waals surface area contributed by atoms with Gasteiger partial charge in [0.2, 0.25) is 0 Å². The van der Waals surface area contributed by atoms with Crippen LogP contribution in [-0.2, 0) is 6.54 Å². The van der Waals surface area contributed by atoms with Crippen LogP contribution in [0.1, 0.15) is 35.8 Å². The van der Waals surface area contributed by atoms with Gasteiger partial charge in [0.25, 0.3) is 5.91 Å². The van der Waals surface area contributed by atoms with Crippen LogP contribution in [0.15, 0.2) is 47.1 Å². The van der Waals surface area contributed by atoms with Crippen molar-refractivity contribution in [2.75, 3.05) is 13.1 Å². The van der Waals surface area contributed by atoms with Crippen molar-refractivity contribution in [3.8, 4) is 0 Å². The maximum Gasteiger partial charge on any atom is 0.270 e. The molecule has 0 radical (unpaired) electrons. The van der Waals surface area contributed by atoms with Gasteiger partial charge in [0, 0.05) is 36.8 Å². The number of amides is 1. The highest BCUT2D eigenvalue weighted by atomic mass is 35.5. The Morgan fingerprint density at radius 3 is 2.76 bits per heavy atom. The van der Waals surface area contributed by atoms with Crippen molar-refractivity contribution in [2.24, 2.45) is 5.92 Å². The number of carbonyl (C=O) groups is 1. The second-order valence-electron chi connectivity index (χ2n) is 6.85. The van der Waals surface area contributed by atoms with E-state index in [1.165, 1.54) is 0 Å². The molecule has 3 heterocycles. The van der Waals surface area contributed by atoms with Gasteiger partial charge in [0.1, 0.15) is 5.69 Å². The Balaban J connectivity index is 1.70. The number of halogens is 1. The molecule has 0 bridgehead atoms. The molecule has 0 atom stereocenters. The summed E-state index contributed by atoms with van der Waals surface area (Å²) < 4.78 is 7.55. The minimum Gasteiger partial charge on any atom is -0.463 e. The van der Waals surface area contributed by atoms with E-state index in [4.69, 9.17) is 16.0 Å². The van der Waals surface area contributed by atoms with Gasteiger partial charge in [-0.2, -0.15) is 0 Å². The van der Waals surface area contributed by atoms with Gasteiger partial charge < -0.3 is 13.9 Å². The second-order valence-corrected chi connectivity index (χ2v) is 7.26. The van der Waals surface area contributed by atoms with Crippen LogP contribution in [0.2, 0.25) is 5.02 Å². The van der Waals surface area contributed by atoms with E-state index < -0.39 is 0 Å². The molecule has 0 saturated carbocycles. The number of likely N-dealkylation sites (tertiary alicyclic amines) is 1. The molecule has 0 spiro atoms. The summed E-state index contributed by atoms with van der Waals surface area (Å²) in [6, 6.07) is 11.5. The second kappa shape index (κ2) is 6.60. The summed E-state index contributed by atoms with van der Waals surface area (Å²) in [5.74, 6) is 0.764. The molecule has 4 nitrogen and oxygen atoms in total. The minimum absolute atomic E-state index is 0.0744. The molecule has 0 aliphatic carbocycles. The fourth-order valence-corrected chi connectivity index (χ4v) is 3.69. The van der Waals surface area contributed by atoms with Crippen LogP contribution in [0.25, 0.3) is 11.1 Å². The number of nitrogens with zero attached hydrogens (tertiary/aromatic N) is 2. The highest BCUT2D eigenvalue weighted by Gasteiger charge is 2.25. The van der Waals surface area contributed by atoms with Crippen molar-refractivity contribution in [3.05, 3.63) is 58.9 Å². The number of furan rings is 1. The average molecular weight is 357 g/mol. The fourth-order valence-electron chi connectivity index (χ4n) is 3.50. The zero-order valence-corrected chi connectivity index (χ0v) is 15.0. The maximum absolute atomic E-state index is 13.1. The summed E-state index contributed by atoms with van der Waals surface area (Å²) in [7, 11) is 0. The highest BCUT2D eigenvalue weighted by molar-refractivity contribution is 6.31. The van der Waals surface area contributed by atoms with Gasteiger partial charge in [0.15, 0.2) is 5.58 Å². The monoisotopic (exact) mass is 356 g/mol. The molecular weight excluding hydrogens is 336 g/mol. The smallest absolute Gasteiger partial charge is 0.270 e. The Morgan fingerprint density at radius 1 is 1.24 bits per heavy atom. The first kappa shape index (κ1) is 16.3. The van der Waals surface area contributed by atoms with Crippen molar-refractivity contribution in [3.63, 3.8) is 0 Å². The summed E-state index contributed by atoms with van der Waals surface area (Å²) in [6.07, 6.45) is 3.78. The summed E-state index contributed by atoms with van der Waals surface area (Å²) in [6.45, 7) is 4.43. The van der Waals surface area contributed by atoms with Gasteiger partial charge in [-0.05, 0) is 30.4 Å². The number of aromatic nitrogens is 1. The number of fused-ring (bicyclic) bond motifs is 1. The molecule has 1 aliphatic rings. The molecule has 25 heavy (non-hydrogen) atoms. The zero-order valence-electron chi connectivity index (χ0n) is 14.2. The number of piperidine rings is 1. The molecule has 1 fully saturated rings. The molecule has 0 unspecified atom stereocenters. The number of carbonyl (C=O) groups excluding carboxylic acids is 1. The molecule has 1 amide bonds. The van der Waals surface area contributed by atoms with E-state index in [1.54, 1.807) is 6.26 Å². The van der Waals surface area contributed by atoms with Gasteiger partial charge in [0.05, 0.1) is 11.8 Å². The van der Waals surface area contributed by atoms with E-state index in [2.05, 4.69) is 6.92 Å². The lowest BCUT2D eigenvalue weighted by atomic mass is 9.99. The molecule has 4 rings (SSSR count). The highest BCUT2D eigenvalue weighted by Crippen LogP contribution is 2.27. The molecular formula is C20H21ClN2O2. The fraction of sp³-hybridized carbons (Fsp3) is 0.350. The van der Waals surface area contributed by atoms with E-state index in [-0.39, 0.29) is 5.91 Å². The van der Waals surface area contributed by atoms with E-state index in [0.29, 0.717) is 23.2 Å². The molecule has 1 saturated heterocycles. The van der Waals surface area contributed by atoms with Gasteiger partial charge in [-0.1, -0.05) is 36.7 Å². The van der Waals surface area contributed by atoms with Crippen LogP contribution < -0.4 is 0 Å². The standard InChI is InChI=1S/C20H21ClN2O2/c1-14-6-9-22(10-7-14)20(24)18-12-19-17(8-11-25-19)23(18)13-15-4-2-3-5-16(15)21/h2-5,8,11-12,14H,6-7,9-10,13H2,1H3. The summed E-state index contributed by atoms with van der Waals surface area (Å²) in [5.41, 5.74) is 3.32. The van der Waals surface area contributed by atoms with Crippen LogP contribution in [0.5, 0.6) is 0 Å². The van der Waals surface area contributed by atoms with Crippen molar-refractivity contribution >= 4 is 28.6 Å². The molecule has 130 valence electrons. The molecule has 0 N–H and O–H groups in total. The third kappa shape index (κ3) is 3.07. The van der Waals surface area contributed by atoms with Gasteiger partial charge in [-0.15, -0.1) is 0 Å². The lowest BCUT2D eigenvalue weighted by molar-refractivity contribution is 0.0687. The first-order chi connectivity index (χ1) is 12.1. The summed E-state index contributed by atoms with van der Waals surface area (Å²) >= 11 is 6.33. The van der Waals surface area contributed by atoms with Crippen LogP contribution in [0, 0.1) is 5.92 Å². The number of hydrogen-bond donors (Lipinski definition) is 0. The Morgan fingerprint density at radius 2 is 2.00 bits per heavy atom. The topological polar surface area (TPSA) is 38.4 Å². The van der Waals surface area contributed by atoms with E-state index >= 15 is 0 Å². The number of hydrogen-bond acceptors (Lipinski definition) is 2. The maximum atomic E-state index is 13.1. The Bertz CT molecular complexity index is 903. The number of benzene rings is 1. The molecule has 1 aromatic carbocycles. The SMILES string of the molecule is CC1CCN(C(=O)c2cc3occc3n2Cc2ccccc2Cl)CC1. The van der Waals surface area contributed by atoms with Crippen molar-refractivity contribution < 1.29 is 9.21 Å². The largest absolute Gasteiger partial charge is 0.463 e. The van der Waals surface area contributed by atoms with Gasteiger partial charge in [-0.3, -0.25) is 4.79 Å². The van der Waals surface area contributed by atoms with E-state index in [9.17, 15) is 4.79 Å². The molecule has 5 heteroatoms. The molecule has 3 aromatic rings. The Kier molecular flexibility index (Phi) is 4.30. The predicted octanol–water partition coefficient (Wildman–Crippen LogP) is 4.81. The predicted molar refractivity (Wildman–Crippen MR) is 99.1 cm³/mol. The first-order valence-corrected chi connectivity index (χ1v) is 9.10. The third-order valence-corrected chi connectivity index (χ3v) is 5.47. The van der Waals surface area contributed by atoms with Gasteiger partial charge in [-0.25, -0.2) is 0 Å². The summed E-state index contributed by atoms with van der Waals surface area (Å²) in [5, 5.41) is 0.707. The minimum atomic E-state index is 0.0744. The third-order valence-electron chi connectivity index (χ3n) is 5.10. The van der Waals surface area contributed by atoms with Crippen LogP contribution in [0.4, 0.5) is 0 Å². The normalized spacial score (nSPS) is 15.8. The van der Waals surface area contributed by atoms with Crippen LogP contribution in [-0.4, -0.2) is 28.5 Å². The molecule has 1 aliphatic heterocycles. The Hall–Kier alpha value is -2.20. The van der Waals surface area contributed by atoms with Gasteiger partial charge >= 0.3 is 0 Å². The van der Waals surface area contributed by atoms with Crippen LogP contribution in [0.3, 0.4) is 0 Å². The van der Waals surface area contributed by atoms with E-state index in [0.717, 1.165) is 42.6 Å². The van der Waals surface area contributed by atoms with Crippen molar-refractivity contribution in [1.82, 2.24) is 9.47 Å². The lowest BCUT2D eigenvalue weighted by Gasteiger charge is -2.30. The molecule has 2 aromatic heterocycles. The average Bonchev–Trinajstić information content (AvgIpc) is 3.19. The first-order valence-electron chi connectivity index (χ1n) is 8.73. The van der Waals surface area contributed by atoms with E-state index in [1.807, 2.05) is 45.9 Å². The van der Waals surface area contributed by atoms with Crippen molar-refractivity contribution in [2.45, 2.75) is 26.3 Å². The van der Waals surface area contributed by atoms with Crippen LogP contribution >= 0.6 is 11.6 Å². The number of rotatable bonds is 3.